The van der Waals surface area contributed by atoms with Crippen LogP contribution in [-0.2, 0) is 27.5 Å². The Balaban J connectivity index is 2.13. The van der Waals surface area contributed by atoms with Crippen LogP contribution in [0.5, 0.6) is 0 Å². The van der Waals surface area contributed by atoms with Crippen LogP contribution in [0.3, 0.4) is 0 Å². The molecule has 1 aromatic rings. The summed E-state index contributed by atoms with van der Waals surface area (Å²) in [5.74, 6) is -1.02. The first-order chi connectivity index (χ1) is 9.11. The molecule has 0 saturated carbocycles. The summed E-state index contributed by atoms with van der Waals surface area (Å²) in [5.41, 5.74) is 1.94. The quantitative estimate of drug-likeness (QED) is 0.872. The summed E-state index contributed by atoms with van der Waals surface area (Å²) in [6, 6.07) is 6.96. The van der Waals surface area contributed by atoms with Gasteiger partial charge in [0.15, 0.2) is 0 Å². The smallest absolute Gasteiger partial charge is 0.326 e. The maximum atomic E-state index is 11.7. The third-order valence-corrected chi connectivity index (χ3v) is 3.27. The summed E-state index contributed by atoms with van der Waals surface area (Å²) in [7, 11) is 1.62. The lowest BCUT2D eigenvalue weighted by Gasteiger charge is -2.21. The molecule has 1 N–H and O–H groups in total. The SMILES string of the molecule is COCc1cccc(CN2C(=O)CCC2C(=O)O)c1. The van der Waals surface area contributed by atoms with Gasteiger partial charge in [0.2, 0.25) is 5.91 Å². The number of likely N-dealkylation sites (tertiary alicyclic amines) is 1. The summed E-state index contributed by atoms with van der Waals surface area (Å²) in [6.07, 6.45) is 0.709. The van der Waals surface area contributed by atoms with E-state index in [0.717, 1.165) is 11.1 Å². The molecule has 1 aromatic carbocycles. The number of amides is 1. The molecular formula is C14H17NO4. The van der Waals surface area contributed by atoms with Gasteiger partial charge in [-0.3, -0.25) is 4.79 Å². The molecular weight excluding hydrogens is 246 g/mol. The van der Waals surface area contributed by atoms with Gasteiger partial charge >= 0.3 is 5.97 Å². The Kier molecular flexibility index (Phi) is 4.16. The van der Waals surface area contributed by atoms with E-state index in [1.165, 1.54) is 4.90 Å². The van der Waals surface area contributed by atoms with E-state index in [4.69, 9.17) is 9.84 Å². The highest BCUT2D eigenvalue weighted by Gasteiger charge is 2.35. The Morgan fingerprint density at radius 3 is 2.89 bits per heavy atom. The summed E-state index contributed by atoms with van der Waals surface area (Å²) < 4.78 is 5.06. The van der Waals surface area contributed by atoms with Gasteiger partial charge in [-0.2, -0.15) is 0 Å². The van der Waals surface area contributed by atoms with E-state index in [0.29, 0.717) is 26.0 Å². The second-order valence-electron chi connectivity index (χ2n) is 4.67. The fourth-order valence-corrected chi connectivity index (χ4v) is 2.37. The van der Waals surface area contributed by atoms with Crippen LogP contribution >= 0.6 is 0 Å². The van der Waals surface area contributed by atoms with Crippen molar-refractivity contribution >= 4 is 11.9 Å². The molecule has 0 radical (unpaired) electrons. The van der Waals surface area contributed by atoms with E-state index in [1.807, 2.05) is 24.3 Å². The number of rotatable bonds is 5. The Labute approximate surface area is 111 Å². The standard InChI is InChI=1S/C14H17NO4/c1-19-9-11-4-2-3-10(7-11)8-15-12(14(17)18)5-6-13(15)16/h2-4,7,12H,5-6,8-9H2,1H3,(H,17,18). The van der Waals surface area contributed by atoms with Crippen LogP contribution in [0.4, 0.5) is 0 Å². The molecule has 0 spiro atoms. The Morgan fingerprint density at radius 1 is 1.47 bits per heavy atom. The zero-order chi connectivity index (χ0) is 13.8. The number of hydrogen-bond acceptors (Lipinski definition) is 3. The van der Waals surface area contributed by atoms with Crippen molar-refractivity contribution in [2.45, 2.75) is 32.0 Å². The molecule has 5 nitrogen and oxygen atoms in total. The van der Waals surface area contributed by atoms with Gasteiger partial charge < -0.3 is 14.7 Å². The average Bonchev–Trinajstić information content (AvgIpc) is 2.72. The van der Waals surface area contributed by atoms with Crippen molar-refractivity contribution in [3.63, 3.8) is 0 Å². The summed E-state index contributed by atoms with van der Waals surface area (Å²) in [4.78, 5) is 24.3. The van der Waals surface area contributed by atoms with Crippen LogP contribution in [0.2, 0.25) is 0 Å². The molecule has 5 heteroatoms. The van der Waals surface area contributed by atoms with Gasteiger partial charge in [-0.15, -0.1) is 0 Å². The van der Waals surface area contributed by atoms with E-state index < -0.39 is 12.0 Å². The fraction of sp³-hybridized carbons (Fsp3) is 0.429. The predicted molar refractivity (Wildman–Crippen MR) is 68.4 cm³/mol. The summed E-state index contributed by atoms with van der Waals surface area (Å²) >= 11 is 0. The first-order valence-corrected chi connectivity index (χ1v) is 6.21. The van der Waals surface area contributed by atoms with E-state index in [2.05, 4.69) is 0 Å². The number of ether oxygens (including phenoxy) is 1. The molecule has 1 aliphatic heterocycles. The average molecular weight is 263 g/mol. The highest BCUT2D eigenvalue weighted by Crippen LogP contribution is 2.22. The van der Waals surface area contributed by atoms with Crippen molar-refractivity contribution in [1.29, 1.82) is 0 Å². The van der Waals surface area contributed by atoms with Gasteiger partial charge in [-0.25, -0.2) is 4.79 Å². The van der Waals surface area contributed by atoms with Crippen molar-refractivity contribution in [3.8, 4) is 0 Å². The molecule has 1 atom stereocenters. The van der Waals surface area contributed by atoms with Crippen LogP contribution in [-0.4, -0.2) is 35.0 Å². The van der Waals surface area contributed by atoms with Crippen molar-refractivity contribution < 1.29 is 19.4 Å². The number of carbonyl (C=O) groups excluding carboxylic acids is 1. The molecule has 1 amide bonds. The minimum Gasteiger partial charge on any atom is -0.480 e. The van der Waals surface area contributed by atoms with Gasteiger partial charge in [-0.05, 0) is 17.5 Å². The normalized spacial score (nSPS) is 18.9. The Morgan fingerprint density at radius 2 is 2.21 bits per heavy atom. The second-order valence-corrected chi connectivity index (χ2v) is 4.67. The number of nitrogens with zero attached hydrogens (tertiary/aromatic N) is 1. The number of aliphatic carboxylic acids is 1. The van der Waals surface area contributed by atoms with Crippen LogP contribution in [0, 0.1) is 0 Å². The molecule has 1 heterocycles. The molecule has 2 rings (SSSR count). The van der Waals surface area contributed by atoms with Crippen LogP contribution in [0.15, 0.2) is 24.3 Å². The van der Waals surface area contributed by atoms with E-state index >= 15 is 0 Å². The van der Waals surface area contributed by atoms with Crippen molar-refractivity contribution in [3.05, 3.63) is 35.4 Å². The minimum absolute atomic E-state index is 0.0930. The molecule has 1 fully saturated rings. The van der Waals surface area contributed by atoms with E-state index in [-0.39, 0.29) is 5.91 Å². The molecule has 0 aromatic heterocycles. The topological polar surface area (TPSA) is 66.8 Å². The highest BCUT2D eigenvalue weighted by atomic mass is 16.5. The van der Waals surface area contributed by atoms with Crippen LogP contribution in [0.25, 0.3) is 0 Å². The van der Waals surface area contributed by atoms with Gasteiger partial charge in [0.05, 0.1) is 6.61 Å². The number of methoxy groups -OCH3 is 1. The number of carboxylic acid groups (broad SMARTS) is 1. The predicted octanol–water partition coefficient (Wildman–Crippen LogP) is 1.41. The van der Waals surface area contributed by atoms with Crippen molar-refractivity contribution in [1.82, 2.24) is 4.90 Å². The lowest BCUT2D eigenvalue weighted by molar-refractivity contribution is -0.146. The highest BCUT2D eigenvalue weighted by molar-refractivity contribution is 5.87. The maximum Gasteiger partial charge on any atom is 0.326 e. The summed E-state index contributed by atoms with van der Waals surface area (Å²) in [6.45, 7) is 0.845. The molecule has 19 heavy (non-hydrogen) atoms. The minimum atomic E-state index is -0.932. The number of carbonyl (C=O) groups is 2. The number of hydrogen-bond donors (Lipinski definition) is 1. The fourth-order valence-electron chi connectivity index (χ4n) is 2.37. The second kappa shape index (κ2) is 5.84. The van der Waals surface area contributed by atoms with E-state index in [9.17, 15) is 9.59 Å². The third-order valence-electron chi connectivity index (χ3n) is 3.27. The molecule has 1 unspecified atom stereocenters. The third kappa shape index (κ3) is 3.12. The first-order valence-electron chi connectivity index (χ1n) is 6.21. The molecule has 0 aliphatic carbocycles. The van der Waals surface area contributed by atoms with Crippen LogP contribution < -0.4 is 0 Å². The monoisotopic (exact) mass is 263 g/mol. The maximum absolute atomic E-state index is 11.7. The zero-order valence-electron chi connectivity index (χ0n) is 10.8. The van der Waals surface area contributed by atoms with Crippen LogP contribution in [0.1, 0.15) is 24.0 Å². The summed E-state index contributed by atoms with van der Waals surface area (Å²) in [5, 5.41) is 9.10. The Hall–Kier alpha value is -1.88. The van der Waals surface area contributed by atoms with Gasteiger partial charge in [0.1, 0.15) is 6.04 Å². The number of carboxylic acids is 1. The molecule has 102 valence electrons. The molecule has 0 bridgehead atoms. The lowest BCUT2D eigenvalue weighted by Crippen LogP contribution is -2.37. The largest absolute Gasteiger partial charge is 0.480 e. The number of benzene rings is 1. The van der Waals surface area contributed by atoms with Gasteiger partial charge in [0.25, 0.3) is 0 Å². The Bertz CT molecular complexity index is 486. The van der Waals surface area contributed by atoms with Crippen molar-refractivity contribution in [2.24, 2.45) is 0 Å². The molecule has 1 saturated heterocycles. The van der Waals surface area contributed by atoms with Gasteiger partial charge in [-0.1, -0.05) is 24.3 Å². The zero-order valence-corrected chi connectivity index (χ0v) is 10.8. The van der Waals surface area contributed by atoms with Gasteiger partial charge in [0, 0.05) is 20.1 Å². The first kappa shape index (κ1) is 13.5. The lowest BCUT2D eigenvalue weighted by atomic mass is 10.1. The van der Waals surface area contributed by atoms with E-state index in [1.54, 1.807) is 7.11 Å². The van der Waals surface area contributed by atoms with Crippen molar-refractivity contribution in [2.75, 3.05) is 7.11 Å². The molecule has 1 aliphatic rings.